The van der Waals surface area contributed by atoms with Gasteiger partial charge in [-0.3, -0.25) is 4.99 Å². The molecule has 24 heavy (non-hydrogen) atoms. The molecule has 0 bridgehead atoms. The lowest BCUT2D eigenvalue weighted by molar-refractivity contribution is 0.0683. The number of guanidine groups is 1. The van der Waals surface area contributed by atoms with Gasteiger partial charge in [0.15, 0.2) is 11.8 Å². The van der Waals surface area contributed by atoms with Gasteiger partial charge in [-0.05, 0) is 39.4 Å². The lowest BCUT2D eigenvalue weighted by atomic mass is 10.2. The fourth-order valence-electron chi connectivity index (χ4n) is 2.66. The second kappa shape index (κ2) is 11.1. The molecule has 138 valence electrons. The van der Waals surface area contributed by atoms with Crippen LogP contribution in [-0.4, -0.2) is 47.3 Å². The number of rotatable bonds is 7. The Morgan fingerprint density at radius 3 is 2.92 bits per heavy atom. The largest absolute Gasteiger partial charge is 0.371 e. The molecule has 3 unspecified atom stereocenters. The summed E-state index contributed by atoms with van der Waals surface area (Å²) < 4.78 is 10.7. The summed E-state index contributed by atoms with van der Waals surface area (Å²) in [7, 11) is 1.77. The van der Waals surface area contributed by atoms with Crippen LogP contribution < -0.4 is 10.6 Å². The van der Waals surface area contributed by atoms with E-state index >= 15 is 0 Å². The summed E-state index contributed by atoms with van der Waals surface area (Å²) in [6, 6.07) is 0.481. The second-order valence-corrected chi connectivity index (χ2v) is 6.72. The van der Waals surface area contributed by atoms with E-state index in [2.05, 4.69) is 32.0 Å². The van der Waals surface area contributed by atoms with Gasteiger partial charge in [-0.25, -0.2) is 0 Å². The Morgan fingerprint density at radius 2 is 2.29 bits per heavy atom. The quantitative estimate of drug-likeness (QED) is 0.361. The number of nitrogens with one attached hydrogen (secondary N) is 2. The minimum Gasteiger partial charge on any atom is -0.371 e. The van der Waals surface area contributed by atoms with Crippen LogP contribution >= 0.6 is 35.7 Å². The molecule has 1 aliphatic carbocycles. The minimum absolute atomic E-state index is 0. The van der Waals surface area contributed by atoms with Crippen molar-refractivity contribution >= 4 is 41.7 Å². The Kier molecular flexibility index (Phi) is 9.98. The van der Waals surface area contributed by atoms with Crippen LogP contribution in [0.25, 0.3) is 0 Å². The van der Waals surface area contributed by atoms with E-state index in [0.29, 0.717) is 30.9 Å². The summed E-state index contributed by atoms with van der Waals surface area (Å²) in [4.78, 5) is 8.60. The average molecular weight is 469 g/mol. The normalized spacial score (nSPS) is 22.1. The van der Waals surface area contributed by atoms with Crippen LogP contribution in [0.5, 0.6) is 0 Å². The number of hydrogen-bond donors (Lipinski definition) is 2. The fourth-order valence-corrected chi connectivity index (χ4v) is 3.46. The minimum atomic E-state index is -0.156. The van der Waals surface area contributed by atoms with E-state index in [-0.39, 0.29) is 30.1 Å². The standard InChI is InChI=1S/C15H27N5O2S.HI/c1-5-21-10(2)14-19-13(22-20-14)9-17-15(16-3)18-11-6-7-12(8-11)23-4;/h10-12H,5-9H2,1-4H3,(H2,16,17,18);1H. The van der Waals surface area contributed by atoms with Gasteiger partial charge < -0.3 is 19.9 Å². The second-order valence-electron chi connectivity index (χ2n) is 5.58. The first-order valence-corrected chi connectivity index (χ1v) is 9.39. The van der Waals surface area contributed by atoms with Crippen molar-refractivity contribution in [1.82, 2.24) is 20.8 Å². The molecule has 0 amide bonds. The number of aliphatic imine (C=N–C) groups is 1. The zero-order chi connectivity index (χ0) is 16.7. The lowest BCUT2D eigenvalue weighted by Crippen LogP contribution is -2.42. The van der Waals surface area contributed by atoms with Gasteiger partial charge >= 0.3 is 0 Å². The topological polar surface area (TPSA) is 84.6 Å². The van der Waals surface area contributed by atoms with Gasteiger partial charge in [-0.2, -0.15) is 16.7 Å². The Balaban J connectivity index is 0.00000288. The molecule has 3 atom stereocenters. The molecule has 0 aliphatic heterocycles. The van der Waals surface area contributed by atoms with Crippen molar-refractivity contribution in [3.63, 3.8) is 0 Å². The monoisotopic (exact) mass is 469 g/mol. The predicted molar refractivity (Wildman–Crippen MR) is 108 cm³/mol. The third-order valence-corrected chi connectivity index (χ3v) is 5.05. The van der Waals surface area contributed by atoms with Gasteiger partial charge in [0.2, 0.25) is 5.89 Å². The third kappa shape index (κ3) is 6.40. The molecule has 0 saturated heterocycles. The van der Waals surface area contributed by atoms with E-state index in [1.807, 2.05) is 25.6 Å². The van der Waals surface area contributed by atoms with Gasteiger partial charge in [0, 0.05) is 24.9 Å². The molecule has 2 rings (SSSR count). The molecule has 2 N–H and O–H groups in total. The molecule has 1 aromatic heterocycles. The molecule has 0 aromatic carbocycles. The first kappa shape index (κ1) is 21.5. The van der Waals surface area contributed by atoms with Gasteiger partial charge in [-0.1, -0.05) is 5.16 Å². The summed E-state index contributed by atoms with van der Waals surface area (Å²) in [5.41, 5.74) is 0. The van der Waals surface area contributed by atoms with Gasteiger partial charge in [0.05, 0.1) is 6.54 Å². The Hall–Kier alpha value is -0.550. The van der Waals surface area contributed by atoms with E-state index in [9.17, 15) is 0 Å². The third-order valence-electron chi connectivity index (χ3n) is 3.95. The van der Waals surface area contributed by atoms with Crippen molar-refractivity contribution in [2.75, 3.05) is 19.9 Å². The van der Waals surface area contributed by atoms with Crippen molar-refractivity contribution in [2.24, 2.45) is 4.99 Å². The molecule has 1 saturated carbocycles. The summed E-state index contributed by atoms with van der Waals surface area (Å²) in [5.74, 6) is 1.88. The van der Waals surface area contributed by atoms with E-state index in [4.69, 9.17) is 9.26 Å². The van der Waals surface area contributed by atoms with Crippen LogP contribution in [-0.2, 0) is 11.3 Å². The number of hydrogen-bond acceptors (Lipinski definition) is 6. The maximum absolute atomic E-state index is 5.45. The highest BCUT2D eigenvalue weighted by atomic mass is 127. The summed E-state index contributed by atoms with van der Waals surface area (Å²) in [5, 5.41) is 11.4. The van der Waals surface area contributed by atoms with Crippen molar-refractivity contribution in [1.29, 1.82) is 0 Å². The zero-order valence-corrected chi connectivity index (χ0v) is 17.9. The summed E-state index contributed by atoms with van der Waals surface area (Å²) >= 11 is 1.95. The molecule has 1 aliphatic rings. The number of halogens is 1. The van der Waals surface area contributed by atoms with E-state index in [0.717, 1.165) is 11.2 Å². The zero-order valence-electron chi connectivity index (χ0n) is 14.7. The van der Waals surface area contributed by atoms with Crippen molar-refractivity contribution in [3.05, 3.63) is 11.7 Å². The van der Waals surface area contributed by atoms with E-state index in [1.165, 1.54) is 19.3 Å². The van der Waals surface area contributed by atoms with E-state index < -0.39 is 0 Å². The summed E-state index contributed by atoms with van der Waals surface area (Å²) in [6.07, 6.45) is 5.65. The SMILES string of the molecule is CCOC(C)c1noc(CNC(=NC)NC2CCC(SC)C2)n1.I. The molecule has 1 aromatic rings. The highest BCUT2D eigenvalue weighted by Gasteiger charge is 2.24. The van der Waals surface area contributed by atoms with Crippen LogP contribution in [0.15, 0.2) is 9.52 Å². The van der Waals surface area contributed by atoms with Gasteiger partial charge in [-0.15, -0.1) is 24.0 Å². The molecule has 1 heterocycles. The summed E-state index contributed by atoms with van der Waals surface area (Å²) in [6.45, 7) is 4.93. The van der Waals surface area contributed by atoms with E-state index in [1.54, 1.807) is 7.05 Å². The smallest absolute Gasteiger partial charge is 0.246 e. The van der Waals surface area contributed by atoms with Crippen LogP contribution in [0.1, 0.15) is 50.9 Å². The van der Waals surface area contributed by atoms with Crippen LogP contribution in [0.2, 0.25) is 0 Å². The number of aromatic nitrogens is 2. The lowest BCUT2D eigenvalue weighted by Gasteiger charge is -2.16. The van der Waals surface area contributed by atoms with Gasteiger partial charge in [0.1, 0.15) is 6.10 Å². The van der Waals surface area contributed by atoms with Crippen molar-refractivity contribution in [3.8, 4) is 0 Å². The molecule has 7 nitrogen and oxygen atoms in total. The molecule has 0 spiro atoms. The van der Waals surface area contributed by atoms with Crippen molar-refractivity contribution in [2.45, 2.75) is 57.1 Å². The maximum atomic E-state index is 5.45. The first-order valence-electron chi connectivity index (χ1n) is 8.10. The number of ether oxygens (including phenoxy) is 1. The molecule has 9 heteroatoms. The van der Waals surface area contributed by atoms with Gasteiger partial charge in [0.25, 0.3) is 0 Å². The Morgan fingerprint density at radius 1 is 1.50 bits per heavy atom. The molecular formula is C15H28IN5O2S. The highest BCUT2D eigenvalue weighted by Crippen LogP contribution is 2.28. The number of thioether (sulfide) groups is 1. The average Bonchev–Trinajstić information content (AvgIpc) is 3.20. The van der Waals surface area contributed by atoms with Crippen LogP contribution in [0.3, 0.4) is 0 Å². The number of nitrogens with zero attached hydrogens (tertiary/aromatic N) is 3. The predicted octanol–water partition coefficient (Wildman–Crippen LogP) is 2.73. The first-order chi connectivity index (χ1) is 11.2. The Bertz CT molecular complexity index is 514. The maximum Gasteiger partial charge on any atom is 0.246 e. The highest BCUT2D eigenvalue weighted by molar-refractivity contribution is 14.0. The van der Waals surface area contributed by atoms with Crippen LogP contribution in [0, 0.1) is 0 Å². The van der Waals surface area contributed by atoms with Crippen LogP contribution in [0.4, 0.5) is 0 Å². The molecule has 1 fully saturated rings. The fraction of sp³-hybridized carbons (Fsp3) is 0.800. The molecular weight excluding hydrogens is 441 g/mol. The Labute approximate surface area is 165 Å². The molecule has 0 radical (unpaired) electrons. The van der Waals surface area contributed by atoms with Crippen molar-refractivity contribution < 1.29 is 9.26 Å².